The molecular formula is C9H14N6O2S. The van der Waals surface area contributed by atoms with Gasteiger partial charge >= 0.3 is 5.69 Å². The van der Waals surface area contributed by atoms with Crippen LogP contribution in [0.4, 0.5) is 0 Å². The van der Waals surface area contributed by atoms with Crippen molar-refractivity contribution in [3.63, 3.8) is 0 Å². The molecule has 0 amide bonds. The summed E-state index contributed by atoms with van der Waals surface area (Å²) in [6.07, 6.45) is 0.868. The van der Waals surface area contributed by atoms with Crippen LogP contribution in [0.1, 0.15) is 25.1 Å². The van der Waals surface area contributed by atoms with Gasteiger partial charge in [-0.25, -0.2) is 9.89 Å². The third-order valence-corrected chi connectivity index (χ3v) is 3.16. The second-order valence-electron chi connectivity index (χ2n) is 3.56. The van der Waals surface area contributed by atoms with E-state index in [-0.39, 0.29) is 12.2 Å². The van der Waals surface area contributed by atoms with Crippen molar-refractivity contribution in [1.29, 1.82) is 0 Å². The van der Waals surface area contributed by atoms with Gasteiger partial charge in [-0.1, -0.05) is 23.8 Å². The van der Waals surface area contributed by atoms with Crippen LogP contribution < -0.4 is 11.4 Å². The zero-order valence-electron chi connectivity index (χ0n) is 9.92. The predicted octanol–water partition coefficient (Wildman–Crippen LogP) is 0.115. The number of rotatable bonds is 6. The molecule has 0 saturated heterocycles. The molecule has 2 rings (SSSR count). The Labute approximate surface area is 107 Å². The van der Waals surface area contributed by atoms with Crippen molar-refractivity contribution in [2.45, 2.75) is 37.3 Å². The molecule has 0 radical (unpaired) electrons. The van der Waals surface area contributed by atoms with Gasteiger partial charge in [0.15, 0.2) is 11.0 Å². The third-order valence-electron chi connectivity index (χ3n) is 2.19. The first kappa shape index (κ1) is 12.8. The molecule has 0 atom stereocenters. The van der Waals surface area contributed by atoms with E-state index in [1.807, 2.05) is 6.92 Å². The lowest BCUT2D eigenvalue weighted by atomic mass is 10.5. The average molecular weight is 270 g/mol. The SMILES string of the molecule is CCCn1c(SCc2noc(CN)n2)n[nH]c1=O. The Hall–Kier alpha value is -1.61. The summed E-state index contributed by atoms with van der Waals surface area (Å²) >= 11 is 1.38. The van der Waals surface area contributed by atoms with Crippen molar-refractivity contribution in [3.8, 4) is 0 Å². The first-order valence-corrected chi connectivity index (χ1v) is 6.52. The summed E-state index contributed by atoms with van der Waals surface area (Å²) in [5.74, 6) is 1.43. The molecule has 2 aromatic heterocycles. The first-order chi connectivity index (χ1) is 8.74. The van der Waals surface area contributed by atoms with Gasteiger partial charge in [0.1, 0.15) is 0 Å². The summed E-state index contributed by atoms with van der Waals surface area (Å²) in [7, 11) is 0. The maximum atomic E-state index is 11.5. The van der Waals surface area contributed by atoms with Crippen LogP contribution in [0.2, 0.25) is 0 Å². The lowest BCUT2D eigenvalue weighted by Crippen LogP contribution is -2.17. The van der Waals surface area contributed by atoms with Crippen LogP contribution >= 0.6 is 11.8 Å². The van der Waals surface area contributed by atoms with Crippen LogP contribution in [0.15, 0.2) is 14.5 Å². The molecule has 0 aliphatic carbocycles. The quantitative estimate of drug-likeness (QED) is 0.716. The largest absolute Gasteiger partial charge is 0.343 e. The van der Waals surface area contributed by atoms with Crippen molar-refractivity contribution in [2.75, 3.05) is 0 Å². The molecule has 98 valence electrons. The van der Waals surface area contributed by atoms with Crippen LogP contribution in [0.5, 0.6) is 0 Å². The topological polar surface area (TPSA) is 116 Å². The van der Waals surface area contributed by atoms with Gasteiger partial charge in [0.25, 0.3) is 0 Å². The molecule has 0 fully saturated rings. The molecule has 3 N–H and O–H groups in total. The van der Waals surface area contributed by atoms with Crippen molar-refractivity contribution < 1.29 is 4.52 Å². The third kappa shape index (κ3) is 2.79. The van der Waals surface area contributed by atoms with Crippen LogP contribution in [-0.4, -0.2) is 24.9 Å². The number of thioether (sulfide) groups is 1. The van der Waals surface area contributed by atoms with Crippen molar-refractivity contribution >= 4 is 11.8 Å². The zero-order valence-corrected chi connectivity index (χ0v) is 10.7. The van der Waals surface area contributed by atoms with E-state index < -0.39 is 0 Å². The Bertz CT molecular complexity index is 559. The van der Waals surface area contributed by atoms with Gasteiger partial charge in [-0.2, -0.15) is 4.98 Å². The van der Waals surface area contributed by atoms with Crippen molar-refractivity contribution in [2.24, 2.45) is 5.73 Å². The standard InChI is InChI=1S/C9H14N6O2S/c1-2-3-15-8(16)12-13-9(15)18-5-6-11-7(4-10)17-14-6/h2-5,10H2,1H3,(H,12,16). The fraction of sp³-hybridized carbons (Fsp3) is 0.556. The summed E-state index contributed by atoms with van der Waals surface area (Å²) in [5, 5.41) is 10.8. The molecule has 2 aromatic rings. The maximum Gasteiger partial charge on any atom is 0.343 e. The minimum atomic E-state index is -0.199. The van der Waals surface area contributed by atoms with Crippen LogP contribution in [0.25, 0.3) is 0 Å². The number of nitrogens with one attached hydrogen (secondary N) is 1. The number of hydrogen-bond acceptors (Lipinski definition) is 7. The van der Waals surface area contributed by atoms with E-state index in [2.05, 4.69) is 20.3 Å². The normalized spacial score (nSPS) is 11.0. The van der Waals surface area contributed by atoms with Crippen LogP contribution in [0.3, 0.4) is 0 Å². The fourth-order valence-corrected chi connectivity index (χ4v) is 2.21. The van der Waals surface area contributed by atoms with Gasteiger partial charge in [-0.15, -0.1) is 5.10 Å². The van der Waals surface area contributed by atoms with E-state index in [0.29, 0.717) is 29.2 Å². The number of aromatic nitrogens is 5. The molecule has 9 heteroatoms. The molecule has 0 spiro atoms. The number of nitrogens with two attached hydrogens (primary N) is 1. The monoisotopic (exact) mass is 270 g/mol. The van der Waals surface area contributed by atoms with Gasteiger partial charge in [0.05, 0.1) is 12.3 Å². The molecule has 0 aromatic carbocycles. The Morgan fingerprint density at radius 1 is 1.56 bits per heavy atom. The average Bonchev–Trinajstić information content (AvgIpc) is 2.96. The highest BCUT2D eigenvalue weighted by atomic mass is 32.2. The molecular weight excluding hydrogens is 256 g/mol. The Balaban J connectivity index is 2.03. The molecule has 0 aliphatic rings. The van der Waals surface area contributed by atoms with E-state index in [1.54, 1.807) is 4.57 Å². The minimum absolute atomic E-state index is 0.199. The smallest absolute Gasteiger partial charge is 0.338 e. The highest BCUT2D eigenvalue weighted by Crippen LogP contribution is 2.18. The molecule has 0 saturated carbocycles. The van der Waals surface area contributed by atoms with E-state index in [9.17, 15) is 4.79 Å². The summed E-state index contributed by atoms with van der Waals surface area (Å²) in [5.41, 5.74) is 5.17. The number of aromatic amines is 1. The van der Waals surface area contributed by atoms with E-state index in [4.69, 9.17) is 10.3 Å². The Morgan fingerprint density at radius 2 is 2.39 bits per heavy atom. The molecule has 0 aliphatic heterocycles. The summed E-state index contributed by atoms with van der Waals surface area (Å²) < 4.78 is 6.48. The maximum absolute atomic E-state index is 11.5. The summed E-state index contributed by atoms with van der Waals surface area (Å²) in [4.78, 5) is 15.5. The number of hydrogen-bond donors (Lipinski definition) is 2. The van der Waals surface area contributed by atoms with Gasteiger partial charge in [0.2, 0.25) is 5.89 Å². The fourth-order valence-electron chi connectivity index (χ4n) is 1.39. The lowest BCUT2D eigenvalue weighted by Gasteiger charge is -2.01. The second kappa shape index (κ2) is 5.83. The van der Waals surface area contributed by atoms with Crippen molar-refractivity contribution in [3.05, 3.63) is 22.2 Å². The number of nitrogens with zero attached hydrogens (tertiary/aromatic N) is 4. The number of H-pyrrole nitrogens is 1. The van der Waals surface area contributed by atoms with Gasteiger partial charge < -0.3 is 10.3 Å². The van der Waals surface area contributed by atoms with E-state index in [1.165, 1.54) is 11.8 Å². The predicted molar refractivity (Wildman–Crippen MR) is 64.9 cm³/mol. The minimum Gasteiger partial charge on any atom is -0.338 e. The second-order valence-corrected chi connectivity index (χ2v) is 4.50. The zero-order chi connectivity index (χ0) is 13.0. The Kier molecular flexibility index (Phi) is 4.15. The van der Waals surface area contributed by atoms with Gasteiger partial charge in [0, 0.05) is 6.54 Å². The van der Waals surface area contributed by atoms with E-state index >= 15 is 0 Å². The highest BCUT2D eigenvalue weighted by molar-refractivity contribution is 7.98. The molecule has 8 nitrogen and oxygen atoms in total. The van der Waals surface area contributed by atoms with Gasteiger partial charge in [-0.3, -0.25) is 4.57 Å². The van der Waals surface area contributed by atoms with Gasteiger partial charge in [-0.05, 0) is 6.42 Å². The lowest BCUT2D eigenvalue weighted by molar-refractivity contribution is 0.376. The summed E-state index contributed by atoms with van der Waals surface area (Å²) in [6, 6.07) is 0. The summed E-state index contributed by atoms with van der Waals surface area (Å²) in [6.45, 7) is 2.86. The molecule has 0 unspecified atom stereocenters. The highest BCUT2D eigenvalue weighted by Gasteiger charge is 2.11. The van der Waals surface area contributed by atoms with E-state index in [0.717, 1.165) is 6.42 Å². The van der Waals surface area contributed by atoms with Crippen LogP contribution in [-0.2, 0) is 18.8 Å². The molecule has 18 heavy (non-hydrogen) atoms. The molecule has 2 heterocycles. The first-order valence-electron chi connectivity index (χ1n) is 5.54. The van der Waals surface area contributed by atoms with Crippen molar-refractivity contribution in [1.82, 2.24) is 24.9 Å². The van der Waals surface area contributed by atoms with Crippen LogP contribution in [0, 0.1) is 0 Å². The molecule has 0 bridgehead atoms. The Morgan fingerprint density at radius 3 is 3.06 bits per heavy atom.